The molecule has 69 heavy (non-hydrogen) atoms. The Hall–Kier alpha value is -5.25. The normalized spacial score (nSPS) is 25.0. The summed E-state index contributed by atoms with van der Waals surface area (Å²) in [5.41, 5.74) is 0. The molecule has 0 heterocycles. The number of benzene rings is 2. The second-order valence-electron chi connectivity index (χ2n) is 19.3. The van der Waals surface area contributed by atoms with E-state index in [9.17, 15) is 37.2 Å². The second-order valence-corrected chi connectivity index (χ2v) is 20.9. The molecule has 0 aromatic heterocycles. The fourth-order valence-electron chi connectivity index (χ4n) is 10.9. The van der Waals surface area contributed by atoms with E-state index in [1.165, 1.54) is 12.1 Å². The van der Waals surface area contributed by atoms with Crippen LogP contribution < -0.4 is 13.7 Å². The van der Waals surface area contributed by atoms with Crippen molar-refractivity contribution in [1.29, 1.82) is 0 Å². The van der Waals surface area contributed by atoms with Gasteiger partial charge in [-0.3, -0.25) is 19.2 Å². The monoisotopic (exact) mass is 978 g/mol. The van der Waals surface area contributed by atoms with Gasteiger partial charge in [-0.2, -0.15) is 8.42 Å². The third kappa shape index (κ3) is 15.9. The Balaban J connectivity index is 0.957. The molecule has 2 aromatic rings. The highest BCUT2D eigenvalue weighted by Crippen LogP contribution is 2.45. The van der Waals surface area contributed by atoms with Crippen LogP contribution in [0.4, 0.5) is 0 Å². The van der Waals surface area contributed by atoms with Gasteiger partial charge in [-0.05, 0) is 170 Å². The number of unbranched alkanes of at least 4 members (excludes halogenated alkanes) is 2. The van der Waals surface area contributed by atoms with Gasteiger partial charge in [-0.1, -0.05) is 25.3 Å². The van der Waals surface area contributed by atoms with Gasteiger partial charge in [0.1, 0.15) is 11.5 Å². The molecule has 378 valence electrons. The predicted molar refractivity (Wildman–Crippen MR) is 255 cm³/mol. The lowest BCUT2D eigenvalue weighted by Gasteiger charge is -2.36. The summed E-state index contributed by atoms with van der Waals surface area (Å²) < 4.78 is 63.2. The van der Waals surface area contributed by atoms with Crippen molar-refractivity contribution < 1.29 is 69.8 Å². The first-order valence-electron chi connectivity index (χ1n) is 25.0. The van der Waals surface area contributed by atoms with Crippen LogP contribution in [-0.4, -0.2) is 76.9 Å². The maximum Gasteiger partial charge on any atom is 0.330 e. The second kappa shape index (κ2) is 26.1. The number of fused-ring (bicyclic) bond motifs is 1. The first-order valence-corrected chi connectivity index (χ1v) is 26.8. The van der Waals surface area contributed by atoms with Crippen LogP contribution in [0.1, 0.15) is 128 Å². The van der Waals surface area contributed by atoms with Crippen molar-refractivity contribution in [3.8, 4) is 17.2 Å². The van der Waals surface area contributed by atoms with Crippen LogP contribution in [-0.2, 0) is 57.8 Å². The van der Waals surface area contributed by atoms with Crippen LogP contribution in [0.5, 0.6) is 17.2 Å². The van der Waals surface area contributed by atoms with E-state index < -0.39 is 28.0 Å². The summed E-state index contributed by atoms with van der Waals surface area (Å²) in [5, 5.41) is 0.594. The van der Waals surface area contributed by atoms with Gasteiger partial charge in [0.2, 0.25) is 0 Å². The van der Waals surface area contributed by atoms with Gasteiger partial charge in [0, 0.05) is 17.5 Å². The highest BCUT2D eigenvalue weighted by atomic mass is 32.2. The molecule has 0 spiro atoms. The zero-order valence-electron chi connectivity index (χ0n) is 40.1. The Morgan fingerprint density at radius 1 is 0.478 bits per heavy atom. The first kappa shape index (κ1) is 53.1. The summed E-state index contributed by atoms with van der Waals surface area (Å²) >= 11 is 0. The van der Waals surface area contributed by atoms with E-state index in [2.05, 4.69) is 13.2 Å². The van der Waals surface area contributed by atoms with Gasteiger partial charge in [0.25, 0.3) is 0 Å². The summed E-state index contributed by atoms with van der Waals surface area (Å²) in [6, 6.07) is 7.87. The largest absolute Gasteiger partial charge is 0.465 e. The van der Waals surface area contributed by atoms with Gasteiger partial charge < -0.3 is 32.6 Å². The molecule has 0 atom stereocenters. The molecule has 4 saturated carbocycles. The van der Waals surface area contributed by atoms with Gasteiger partial charge in [-0.25, -0.2) is 9.59 Å². The van der Waals surface area contributed by atoms with E-state index in [0.717, 1.165) is 95.5 Å². The van der Waals surface area contributed by atoms with E-state index in [1.807, 2.05) is 0 Å². The molecule has 4 aliphatic carbocycles. The average Bonchev–Trinajstić information content (AvgIpc) is 3.36. The van der Waals surface area contributed by atoms with Crippen LogP contribution >= 0.6 is 0 Å². The molecular formula is C53H70O15S. The van der Waals surface area contributed by atoms with Crippen LogP contribution in [0, 0.1) is 47.3 Å². The molecule has 0 saturated heterocycles. The number of carbonyl (C=O) groups is 6. The molecule has 4 aliphatic rings. The maximum absolute atomic E-state index is 13.8. The summed E-state index contributed by atoms with van der Waals surface area (Å²) in [5.74, 6) is -0.847. The van der Waals surface area contributed by atoms with Crippen molar-refractivity contribution in [3.05, 3.63) is 55.6 Å². The lowest BCUT2D eigenvalue weighted by molar-refractivity contribution is -0.151. The van der Waals surface area contributed by atoms with Crippen molar-refractivity contribution in [3.63, 3.8) is 0 Å². The highest BCUT2D eigenvalue weighted by molar-refractivity contribution is 7.86. The lowest BCUT2D eigenvalue weighted by atomic mass is 9.69. The number of hydrogen-bond donors (Lipinski definition) is 0. The van der Waals surface area contributed by atoms with Crippen molar-refractivity contribution in [2.45, 2.75) is 128 Å². The molecule has 0 bridgehead atoms. The molecule has 0 aliphatic heterocycles. The quantitative estimate of drug-likeness (QED) is 0.0270. The Kier molecular flexibility index (Phi) is 20.1. The Labute approximate surface area is 406 Å². The van der Waals surface area contributed by atoms with E-state index >= 15 is 0 Å². The Morgan fingerprint density at radius 2 is 0.826 bits per heavy atom. The SMILES string of the molecule is C=CC(=O)OCCCCOC(=O)C1CCC(C2CCC(C(=O)Oc3ccc(OC(=O)C4CCC(C5CCC(C(=O)OCCCCOC(=O)C=C)CC5)CC4)c4c(OS(C)(=O)=O)cccc34)CC2)CC1. The minimum atomic E-state index is -3.98. The predicted octanol–water partition coefficient (Wildman–Crippen LogP) is 9.32. The number of rotatable bonds is 22. The summed E-state index contributed by atoms with van der Waals surface area (Å²) in [4.78, 5) is 75.2. The Morgan fingerprint density at radius 3 is 1.20 bits per heavy atom. The number of esters is 6. The summed E-state index contributed by atoms with van der Waals surface area (Å²) in [7, 11) is -3.98. The maximum atomic E-state index is 13.8. The fourth-order valence-corrected chi connectivity index (χ4v) is 11.3. The van der Waals surface area contributed by atoms with Gasteiger partial charge in [0.15, 0.2) is 5.75 Å². The molecule has 2 aromatic carbocycles. The fraction of sp³-hybridized carbons (Fsp3) is 0.623. The number of hydrogen-bond acceptors (Lipinski definition) is 15. The van der Waals surface area contributed by atoms with Gasteiger partial charge in [0.05, 0.1) is 61.7 Å². The molecule has 0 radical (unpaired) electrons. The van der Waals surface area contributed by atoms with Crippen LogP contribution in [0.25, 0.3) is 10.8 Å². The van der Waals surface area contributed by atoms with Crippen molar-refractivity contribution >= 4 is 56.7 Å². The van der Waals surface area contributed by atoms with E-state index in [1.54, 1.807) is 18.2 Å². The molecule has 0 unspecified atom stereocenters. The smallest absolute Gasteiger partial charge is 0.330 e. The molecule has 6 rings (SSSR count). The van der Waals surface area contributed by atoms with E-state index in [4.69, 9.17) is 32.6 Å². The van der Waals surface area contributed by atoms with E-state index in [0.29, 0.717) is 93.6 Å². The molecule has 0 N–H and O–H groups in total. The minimum absolute atomic E-state index is 0.0438. The Bertz CT molecular complexity index is 2220. The van der Waals surface area contributed by atoms with Crippen LogP contribution in [0.15, 0.2) is 55.6 Å². The number of ether oxygens (including phenoxy) is 6. The van der Waals surface area contributed by atoms with Gasteiger partial charge in [-0.15, -0.1) is 0 Å². The number of carbonyl (C=O) groups excluding carboxylic acids is 6. The standard InChI is InChI=1S/C53H70O15S/c1-4-47(54)62-31-6-8-33-64-50(56)39-21-13-35(14-22-39)37-17-25-41(26-18-37)52(58)66-44-29-30-45(49-43(44)11-10-12-46(49)68-69(3,60)61)67-53(59)42-27-19-38(20-28-42)36-15-23-40(24-16-36)51(57)65-34-9-7-32-63-48(55)5-2/h4-5,10-12,29-30,35-42H,1-2,6-9,13-28,31-34H2,3H3. The van der Waals surface area contributed by atoms with Crippen LogP contribution in [0.2, 0.25) is 0 Å². The van der Waals surface area contributed by atoms with Crippen molar-refractivity contribution in [2.24, 2.45) is 47.3 Å². The van der Waals surface area contributed by atoms with E-state index in [-0.39, 0.29) is 77.4 Å². The summed E-state index contributed by atoms with van der Waals surface area (Å²) in [6.45, 7) is 7.85. The topological polar surface area (TPSA) is 201 Å². The van der Waals surface area contributed by atoms with Crippen LogP contribution in [0.3, 0.4) is 0 Å². The average molecular weight is 979 g/mol. The van der Waals surface area contributed by atoms with Crippen molar-refractivity contribution in [2.75, 3.05) is 32.7 Å². The summed E-state index contributed by atoms with van der Waals surface area (Å²) in [6.07, 6.45) is 18.5. The molecule has 16 heteroatoms. The minimum Gasteiger partial charge on any atom is -0.465 e. The first-order chi connectivity index (χ1) is 33.2. The molecular weight excluding hydrogens is 909 g/mol. The molecule has 0 amide bonds. The molecule has 4 fully saturated rings. The lowest BCUT2D eigenvalue weighted by Crippen LogP contribution is -2.31. The zero-order valence-corrected chi connectivity index (χ0v) is 40.9. The zero-order chi connectivity index (χ0) is 49.3. The molecule has 15 nitrogen and oxygen atoms in total. The third-order valence-electron chi connectivity index (χ3n) is 14.7. The van der Waals surface area contributed by atoms with Gasteiger partial charge >= 0.3 is 45.9 Å². The van der Waals surface area contributed by atoms with Crippen molar-refractivity contribution in [1.82, 2.24) is 0 Å². The highest BCUT2D eigenvalue weighted by Gasteiger charge is 2.38. The third-order valence-corrected chi connectivity index (χ3v) is 15.2.